The first-order chi connectivity index (χ1) is 17.0. The molecule has 0 saturated carbocycles. The maximum absolute atomic E-state index is 13.6. The molecule has 5 rings (SSSR count). The molecule has 176 valence electrons. The van der Waals surface area contributed by atoms with Gasteiger partial charge < -0.3 is 0 Å². The van der Waals surface area contributed by atoms with E-state index in [0.29, 0.717) is 38.7 Å². The van der Waals surface area contributed by atoms with Gasteiger partial charge in [-0.1, -0.05) is 58.8 Å². The lowest BCUT2D eigenvalue weighted by Crippen LogP contribution is -2.19. The van der Waals surface area contributed by atoms with Crippen LogP contribution in [0, 0.1) is 0 Å². The molecule has 0 bridgehead atoms. The van der Waals surface area contributed by atoms with Crippen LogP contribution in [0.2, 0.25) is 10.0 Å². The molecule has 0 spiro atoms. The van der Waals surface area contributed by atoms with Gasteiger partial charge in [0.05, 0.1) is 28.0 Å². The number of benzene rings is 3. The van der Waals surface area contributed by atoms with Gasteiger partial charge in [0.2, 0.25) is 5.13 Å². The third-order valence-corrected chi connectivity index (χ3v) is 7.97. The summed E-state index contributed by atoms with van der Waals surface area (Å²) in [7, 11) is 0. The standard InChI is InChI=1S/C26H20Cl2N4OS2/c1-16(29-14-17-6-8-18(27)9-7-17)24-22(15-34-20-12-10-19(28)11-13-20)31-32(25(24)33)26-30-21-4-2-3-5-23(21)35-26/h2-13,31H,14-15H2,1H3. The highest BCUT2D eigenvalue weighted by atomic mass is 35.5. The Kier molecular flexibility index (Phi) is 7.11. The number of nitrogens with zero attached hydrogens (tertiary/aromatic N) is 3. The minimum atomic E-state index is -0.159. The molecule has 2 heterocycles. The molecule has 0 radical (unpaired) electrons. The van der Waals surface area contributed by atoms with Gasteiger partial charge in [-0.25, -0.2) is 4.98 Å². The van der Waals surface area contributed by atoms with E-state index in [0.717, 1.165) is 26.4 Å². The van der Waals surface area contributed by atoms with Gasteiger partial charge in [0.1, 0.15) is 0 Å². The van der Waals surface area contributed by atoms with Crippen LogP contribution in [0.15, 0.2) is 87.5 Å². The lowest BCUT2D eigenvalue weighted by atomic mass is 10.1. The van der Waals surface area contributed by atoms with Crippen molar-refractivity contribution in [3.8, 4) is 5.13 Å². The number of thiazole rings is 1. The number of aliphatic imine (C=N–C) groups is 1. The summed E-state index contributed by atoms with van der Waals surface area (Å²) in [5.74, 6) is 0.567. The van der Waals surface area contributed by atoms with E-state index >= 15 is 0 Å². The van der Waals surface area contributed by atoms with Crippen LogP contribution in [0.4, 0.5) is 0 Å². The van der Waals surface area contributed by atoms with E-state index in [1.165, 1.54) is 16.0 Å². The zero-order valence-corrected chi connectivity index (χ0v) is 21.8. The number of H-pyrrole nitrogens is 1. The summed E-state index contributed by atoms with van der Waals surface area (Å²) in [5.41, 5.74) is 3.76. The number of nitrogens with one attached hydrogen (secondary N) is 1. The van der Waals surface area contributed by atoms with Crippen molar-refractivity contribution in [1.82, 2.24) is 14.8 Å². The first-order valence-electron chi connectivity index (χ1n) is 10.8. The van der Waals surface area contributed by atoms with Gasteiger partial charge in [-0.3, -0.25) is 14.9 Å². The molecule has 0 aliphatic carbocycles. The average Bonchev–Trinajstić information content (AvgIpc) is 3.44. The monoisotopic (exact) mass is 538 g/mol. The average molecular weight is 540 g/mol. The molecule has 0 aliphatic heterocycles. The zero-order valence-electron chi connectivity index (χ0n) is 18.7. The number of rotatable bonds is 7. The molecule has 0 atom stereocenters. The van der Waals surface area contributed by atoms with Crippen LogP contribution in [0.25, 0.3) is 15.3 Å². The quantitative estimate of drug-likeness (QED) is 0.173. The first-order valence-corrected chi connectivity index (χ1v) is 13.4. The second kappa shape index (κ2) is 10.4. The number of hydrogen-bond donors (Lipinski definition) is 1. The fourth-order valence-corrected chi connectivity index (χ4v) is 5.64. The van der Waals surface area contributed by atoms with Crippen molar-refractivity contribution in [3.05, 3.63) is 110 Å². The third kappa shape index (κ3) is 5.38. The van der Waals surface area contributed by atoms with Crippen LogP contribution in [0.5, 0.6) is 0 Å². The van der Waals surface area contributed by atoms with Crippen molar-refractivity contribution < 1.29 is 0 Å². The summed E-state index contributed by atoms with van der Waals surface area (Å²) in [6.45, 7) is 2.33. The summed E-state index contributed by atoms with van der Waals surface area (Å²) in [6.07, 6.45) is 0. The Morgan fingerprint density at radius 3 is 2.43 bits per heavy atom. The molecule has 0 unspecified atom stereocenters. The highest BCUT2D eigenvalue weighted by Gasteiger charge is 2.20. The molecule has 0 fully saturated rings. The third-order valence-electron chi connectivity index (χ3n) is 5.41. The Bertz CT molecular complexity index is 1540. The minimum absolute atomic E-state index is 0.159. The molecule has 2 aromatic heterocycles. The number of thioether (sulfide) groups is 1. The molecule has 9 heteroatoms. The Morgan fingerprint density at radius 2 is 1.71 bits per heavy atom. The summed E-state index contributed by atoms with van der Waals surface area (Å²) >= 11 is 15.1. The van der Waals surface area contributed by atoms with Crippen LogP contribution in [-0.2, 0) is 12.3 Å². The number of halogens is 2. The lowest BCUT2D eigenvalue weighted by molar-refractivity contribution is 0.827. The number of hydrogen-bond acceptors (Lipinski definition) is 5. The first kappa shape index (κ1) is 23.9. The topological polar surface area (TPSA) is 63.0 Å². The fourth-order valence-electron chi connectivity index (χ4n) is 3.62. The van der Waals surface area contributed by atoms with Crippen molar-refractivity contribution in [3.63, 3.8) is 0 Å². The number of aromatic nitrogens is 3. The molecule has 0 saturated heterocycles. The van der Waals surface area contributed by atoms with E-state index in [1.807, 2.05) is 79.7 Å². The van der Waals surface area contributed by atoms with Crippen molar-refractivity contribution >= 4 is 62.2 Å². The van der Waals surface area contributed by atoms with Crippen LogP contribution in [-0.4, -0.2) is 20.5 Å². The van der Waals surface area contributed by atoms with E-state index in [2.05, 4.69) is 10.1 Å². The fraction of sp³-hybridized carbons (Fsp3) is 0.115. The Labute approximate surface area is 220 Å². The van der Waals surface area contributed by atoms with E-state index in [9.17, 15) is 4.79 Å². The molecule has 0 aliphatic rings. The van der Waals surface area contributed by atoms with Crippen LogP contribution in [0.1, 0.15) is 23.7 Å². The SMILES string of the molecule is CC(=NCc1ccc(Cl)cc1)c1c(CSc2ccc(Cl)cc2)[nH]n(-c2nc3ccccc3s2)c1=O. The zero-order chi connectivity index (χ0) is 24.4. The maximum Gasteiger partial charge on any atom is 0.282 e. The largest absolute Gasteiger partial charge is 0.291 e. The highest BCUT2D eigenvalue weighted by Crippen LogP contribution is 2.27. The summed E-state index contributed by atoms with van der Waals surface area (Å²) < 4.78 is 2.55. The van der Waals surface area contributed by atoms with Crippen molar-refractivity contribution in [1.29, 1.82) is 0 Å². The summed E-state index contributed by atoms with van der Waals surface area (Å²) in [4.78, 5) is 24.0. The molecular formula is C26H20Cl2N4OS2. The molecule has 5 nitrogen and oxygen atoms in total. The summed E-state index contributed by atoms with van der Waals surface area (Å²) in [5, 5.41) is 5.28. The van der Waals surface area contributed by atoms with Gasteiger partial charge in [-0.15, -0.1) is 11.8 Å². The van der Waals surface area contributed by atoms with E-state index in [-0.39, 0.29) is 5.56 Å². The van der Waals surface area contributed by atoms with Gasteiger partial charge in [-0.2, -0.15) is 4.68 Å². The molecule has 5 aromatic rings. The van der Waals surface area contributed by atoms with E-state index < -0.39 is 0 Å². The van der Waals surface area contributed by atoms with Gasteiger partial charge >= 0.3 is 0 Å². The van der Waals surface area contributed by atoms with E-state index in [4.69, 9.17) is 28.2 Å². The molecular weight excluding hydrogens is 519 g/mol. The Balaban J connectivity index is 1.51. The Morgan fingerprint density at radius 1 is 1.03 bits per heavy atom. The number of fused-ring (bicyclic) bond motifs is 1. The van der Waals surface area contributed by atoms with Crippen molar-refractivity contribution in [2.24, 2.45) is 4.99 Å². The normalized spacial score (nSPS) is 11.9. The van der Waals surface area contributed by atoms with Gasteiger partial charge in [0.25, 0.3) is 5.56 Å². The molecule has 1 N–H and O–H groups in total. The number of para-hydroxylation sites is 1. The highest BCUT2D eigenvalue weighted by molar-refractivity contribution is 7.98. The van der Waals surface area contributed by atoms with Crippen molar-refractivity contribution in [2.45, 2.75) is 24.1 Å². The summed E-state index contributed by atoms with van der Waals surface area (Å²) in [6, 6.07) is 23.1. The van der Waals surface area contributed by atoms with Crippen LogP contribution < -0.4 is 5.56 Å². The molecule has 35 heavy (non-hydrogen) atoms. The van der Waals surface area contributed by atoms with Crippen molar-refractivity contribution in [2.75, 3.05) is 0 Å². The van der Waals surface area contributed by atoms with Gasteiger partial charge in [-0.05, 0) is 61.0 Å². The molecule has 0 amide bonds. The number of aromatic amines is 1. The maximum atomic E-state index is 13.6. The van der Waals surface area contributed by atoms with Gasteiger partial charge in [0, 0.05) is 26.4 Å². The molecule has 3 aromatic carbocycles. The Hall–Kier alpha value is -2.84. The predicted molar refractivity (Wildman–Crippen MR) is 148 cm³/mol. The van der Waals surface area contributed by atoms with Crippen LogP contribution in [0.3, 0.4) is 0 Å². The smallest absolute Gasteiger partial charge is 0.282 e. The lowest BCUT2D eigenvalue weighted by Gasteiger charge is -2.04. The van der Waals surface area contributed by atoms with E-state index in [1.54, 1.807) is 11.8 Å². The van der Waals surface area contributed by atoms with Crippen LogP contribution >= 0.6 is 46.3 Å². The second-order valence-electron chi connectivity index (χ2n) is 7.84. The second-order valence-corrected chi connectivity index (χ2v) is 10.8. The predicted octanol–water partition coefficient (Wildman–Crippen LogP) is 7.38. The minimum Gasteiger partial charge on any atom is -0.291 e. The van der Waals surface area contributed by atoms with Gasteiger partial charge in [0.15, 0.2) is 0 Å².